The third-order valence-electron chi connectivity index (χ3n) is 2.07. The monoisotopic (exact) mass is 206 g/mol. The Bertz CT molecular complexity index is 309. The molecule has 0 unspecified atom stereocenters. The molecular weight excluding hydrogens is 188 g/mol. The summed E-state index contributed by atoms with van der Waals surface area (Å²) in [5, 5.41) is 2.66. The van der Waals surface area contributed by atoms with Crippen molar-refractivity contribution in [2.24, 2.45) is 5.92 Å². The third-order valence-corrected chi connectivity index (χ3v) is 2.07. The van der Waals surface area contributed by atoms with E-state index in [0.717, 1.165) is 12.2 Å². The van der Waals surface area contributed by atoms with Gasteiger partial charge in [0, 0.05) is 19.3 Å². The van der Waals surface area contributed by atoms with Crippen LogP contribution in [0.1, 0.15) is 13.8 Å². The highest BCUT2D eigenvalue weighted by Crippen LogP contribution is 2.14. The molecule has 0 saturated heterocycles. The zero-order valence-corrected chi connectivity index (χ0v) is 9.53. The van der Waals surface area contributed by atoms with Crippen LogP contribution in [0.2, 0.25) is 0 Å². The number of carbonyl (C=O) groups excluding carboxylic acids is 1. The Morgan fingerprint density at radius 1 is 1.33 bits per heavy atom. The van der Waals surface area contributed by atoms with Crippen molar-refractivity contribution >= 4 is 11.7 Å². The molecule has 0 fully saturated rings. The van der Waals surface area contributed by atoms with Crippen LogP contribution in [0.4, 0.5) is 10.5 Å². The standard InChI is InChI=1S/C12H18N2O/c1-10(2)9-14(12(15)13-3)11-7-5-4-6-8-11/h4-8,10H,9H2,1-3H3,(H,13,15). The van der Waals surface area contributed by atoms with Gasteiger partial charge in [0.1, 0.15) is 0 Å². The van der Waals surface area contributed by atoms with E-state index in [9.17, 15) is 4.79 Å². The number of urea groups is 1. The maximum atomic E-state index is 11.7. The quantitative estimate of drug-likeness (QED) is 0.809. The van der Waals surface area contributed by atoms with Gasteiger partial charge in [0.2, 0.25) is 0 Å². The summed E-state index contributed by atoms with van der Waals surface area (Å²) < 4.78 is 0. The molecule has 1 aromatic carbocycles. The molecule has 0 radical (unpaired) electrons. The highest BCUT2D eigenvalue weighted by molar-refractivity contribution is 5.91. The van der Waals surface area contributed by atoms with E-state index in [4.69, 9.17) is 0 Å². The average molecular weight is 206 g/mol. The van der Waals surface area contributed by atoms with Crippen molar-refractivity contribution in [1.82, 2.24) is 5.32 Å². The molecule has 1 rings (SSSR count). The first-order valence-corrected chi connectivity index (χ1v) is 5.19. The molecule has 0 atom stereocenters. The Morgan fingerprint density at radius 3 is 2.40 bits per heavy atom. The number of rotatable bonds is 3. The SMILES string of the molecule is CNC(=O)N(CC(C)C)c1ccccc1. The molecule has 0 bridgehead atoms. The number of hydrogen-bond donors (Lipinski definition) is 1. The fraction of sp³-hybridized carbons (Fsp3) is 0.417. The summed E-state index contributed by atoms with van der Waals surface area (Å²) in [6, 6.07) is 9.64. The fourth-order valence-electron chi connectivity index (χ4n) is 1.41. The number of para-hydroxylation sites is 1. The minimum atomic E-state index is -0.0603. The number of benzene rings is 1. The minimum Gasteiger partial charge on any atom is -0.341 e. The first-order valence-electron chi connectivity index (χ1n) is 5.19. The Labute approximate surface area is 91.1 Å². The largest absolute Gasteiger partial charge is 0.341 e. The minimum absolute atomic E-state index is 0.0603. The van der Waals surface area contributed by atoms with Crippen LogP contribution >= 0.6 is 0 Å². The molecule has 0 spiro atoms. The highest BCUT2D eigenvalue weighted by atomic mass is 16.2. The Balaban J connectivity index is 2.86. The summed E-state index contributed by atoms with van der Waals surface area (Å²) in [7, 11) is 1.65. The van der Waals surface area contributed by atoms with Crippen molar-refractivity contribution in [3.8, 4) is 0 Å². The van der Waals surface area contributed by atoms with Gasteiger partial charge in [-0.05, 0) is 18.1 Å². The summed E-state index contributed by atoms with van der Waals surface area (Å²) in [4.78, 5) is 13.4. The average Bonchev–Trinajstić information content (AvgIpc) is 2.26. The van der Waals surface area contributed by atoms with Crippen LogP contribution in [-0.2, 0) is 0 Å². The number of nitrogens with zero attached hydrogens (tertiary/aromatic N) is 1. The van der Waals surface area contributed by atoms with Crippen LogP contribution in [0.15, 0.2) is 30.3 Å². The van der Waals surface area contributed by atoms with E-state index in [0.29, 0.717) is 5.92 Å². The lowest BCUT2D eigenvalue weighted by molar-refractivity contribution is 0.247. The lowest BCUT2D eigenvalue weighted by atomic mass is 10.2. The summed E-state index contributed by atoms with van der Waals surface area (Å²) in [5.41, 5.74) is 0.936. The molecule has 0 aliphatic rings. The van der Waals surface area contributed by atoms with E-state index in [1.54, 1.807) is 11.9 Å². The second-order valence-electron chi connectivity index (χ2n) is 3.90. The highest BCUT2D eigenvalue weighted by Gasteiger charge is 2.14. The molecule has 0 aromatic heterocycles. The molecule has 2 amide bonds. The van der Waals surface area contributed by atoms with Gasteiger partial charge in [-0.15, -0.1) is 0 Å². The van der Waals surface area contributed by atoms with Crippen LogP contribution in [0, 0.1) is 5.92 Å². The van der Waals surface area contributed by atoms with Gasteiger partial charge in [-0.3, -0.25) is 4.90 Å². The van der Waals surface area contributed by atoms with Crippen LogP contribution in [-0.4, -0.2) is 19.6 Å². The van der Waals surface area contributed by atoms with Crippen molar-refractivity contribution in [1.29, 1.82) is 0 Å². The van der Waals surface area contributed by atoms with E-state index in [1.807, 2.05) is 30.3 Å². The van der Waals surface area contributed by atoms with Crippen molar-refractivity contribution in [2.45, 2.75) is 13.8 Å². The van der Waals surface area contributed by atoms with Crippen molar-refractivity contribution in [3.05, 3.63) is 30.3 Å². The first kappa shape index (κ1) is 11.6. The van der Waals surface area contributed by atoms with Gasteiger partial charge in [-0.2, -0.15) is 0 Å². The van der Waals surface area contributed by atoms with Crippen LogP contribution in [0.3, 0.4) is 0 Å². The van der Waals surface area contributed by atoms with Gasteiger partial charge in [-0.1, -0.05) is 32.0 Å². The summed E-state index contributed by atoms with van der Waals surface area (Å²) >= 11 is 0. The smallest absolute Gasteiger partial charge is 0.321 e. The second kappa shape index (κ2) is 5.39. The van der Waals surface area contributed by atoms with Crippen molar-refractivity contribution in [3.63, 3.8) is 0 Å². The van der Waals surface area contributed by atoms with Crippen LogP contribution < -0.4 is 10.2 Å². The Kier molecular flexibility index (Phi) is 4.16. The number of carbonyl (C=O) groups is 1. The van der Waals surface area contributed by atoms with Crippen molar-refractivity contribution < 1.29 is 4.79 Å². The van der Waals surface area contributed by atoms with Gasteiger partial charge < -0.3 is 5.32 Å². The third kappa shape index (κ3) is 3.27. The van der Waals surface area contributed by atoms with Gasteiger partial charge in [0.25, 0.3) is 0 Å². The zero-order valence-electron chi connectivity index (χ0n) is 9.53. The Morgan fingerprint density at radius 2 is 1.93 bits per heavy atom. The van der Waals surface area contributed by atoms with Gasteiger partial charge >= 0.3 is 6.03 Å². The van der Waals surface area contributed by atoms with E-state index in [-0.39, 0.29) is 6.03 Å². The molecule has 0 heterocycles. The van der Waals surface area contributed by atoms with E-state index in [2.05, 4.69) is 19.2 Å². The molecule has 3 nitrogen and oxygen atoms in total. The van der Waals surface area contributed by atoms with Crippen LogP contribution in [0.5, 0.6) is 0 Å². The summed E-state index contributed by atoms with van der Waals surface area (Å²) in [6.07, 6.45) is 0. The first-order chi connectivity index (χ1) is 7.15. The predicted octanol–water partition coefficient (Wildman–Crippen LogP) is 2.49. The predicted molar refractivity (Wildman–Crippen MR) is 63.1 cm³/mol. The lowest BCUT2D eigenvalue weighted by Crippen LogP contribution is -2.40. The summed E-state index contributed by atoms with van der Waals surface area (Å²) in [6.45, 7) is 4.92. The van der Waals surface area contributed by atoms with E-state index >= 15 is 0 Å². The number of anilines is 1. The number of nitrogens with one attached hydrogen (secondary N) is 1. The topological polar surface area (TPSA) is 32.3 Å². The van der Waals surface area contributed by atoms with Gasteiger partial charge in [0.05, 0.1) is 0 Å². The van der Waals surface area contributed by atoms with Gasteiger partial charge in [0.15, 0.2) is 0 Å². The molecule has 0 aliphatic heterocycles. The second-order valence-corrected chi connectivity index (χ2v) is 3.90. The van der Waals surface area contributed by atoms with Crippen molar-refractivity contribution in [2.75, 3.05) is 18.5 Å². The molecule has 3 heteroatoms. The molecule has 0 saturated carbocycles. The molecule has 0 aliphatic carbocycles. The number of hydrogen-bond acceptors (Lipinski definition) is 1. The lowest BCUT2D eigenvalue weighted by Gasteiger charge is -2.24. The molecule has 1 N–H and O–H groups in total. The fourth-order valence-corrected chi connectivity index (χ4v) is 1.41. The Hall–Kier alpha value is -1.51. The van der Waals surface area contributed by atoms with Crippen LogP contribution in [0.25, 0.3) is 0 Å². The number of amides is 2. The zero-order chi connectivity index (χ0) is 11.3. The maximum absolute atomic E-state index is 11.7. The molecular formula is C12H18N2O. The summed E-state index contributed by atoms with van der Waals surface area (Å²) in [5.74, 6) is 0.447. The van der Waals surface area contributed by atoms with Gasteiger partial charge in [-0.25, -0.2) is 4.79 Å². The normalized spacial score (nSPS) is 10.1. The molecule has 82 valence electrons. The van der Waals surface area contributed by atoms with E-state index in [1.165, 1.54) is 0 Å². The molecule has 1 aromatic rings. The van der Waals surface area contributed by atoms with E-state index < -0.39 is 0 Å². The molecule has 15 heavy (non-hydrogen) atoms. The maximum Gasteiger partial charge on any atom is 0.321 e.